The minimum Gasteiger partial charge on any atom is -0.444 e. The summed E-state index contributed by atoms with van der Waals surface area (Å²) in [5.74, 6) is 0. The van der Waals surface area contributed by atoms with Crippen LogP contribution in [0, 0.1) is 6.92 Å². The Hall–Kier alpha value is -0.935. The molecule has 62 valence electrons. The Morgan fingerprint density at radius 1 is 1.45 bits per heavy atom. The van der Waals surface area contributed by atoms with Crippen molar-refractivity contribution in [1.82, 2.24) is 9.78 Å². The van der Waals surface area contributed by atoms with Gasteiger partial charge in [0.25, 0.3) is 0 Å². The van der Waals surface area contributed by atoms with Crippen LogP contribution in [0.3, 0.4) is 0 Å². The third-order valence-corrected chi connectivity index (χ3v) is 1.36. The zero-order valence-electron chi connectivity index (χ0n) is 6.18. The Bertz CT molecular complexity index is 265. The van der Waals surface area contributed by atoms with Crippen LogP contribution in [0.4, 0.5) is 12.9 Å². The Morgan fingerprint density at radius 3 is 2.18 bits per heavy atom. The molecule has 0 atom stereocenters. The lowest BCUT2D eigenvalue weighted by Gasteiger charge is -2.11. The standard InChI is InChI=1S/C5H7BF3N2/c1-4-3-11(2)10-5(4)6(7,8)9/h3H,1-2H3/q-1. The average molecular weight is 163 g/mol. The van der Waals surface area contributed by atoms with Gasteiger partial charge in [-0.15, -0.1) is 0 Å². The van der Waals surface area contributed by atoms with Gasteiger partial charge < -0.3 is 12.9 Å². The number of halogens is 3. The van der Waals surface area contributed by atoms with Crippen LogP contribution in [-0.4, -0.2) is 16.8 Å². The largest absolute Gasteiger partial charge is 0.529 e. The zero-order valence-corrected chi connectivity index (χ0v) is 6.18. The van der Waals surface area contributed by atoms with Crippen molar-refractivity contribution in [3.8, 4) is 0 Å². The minimum absolute atomic E-state index is 0.181. The van der Waals surface area contributed by atoms with Crippen molar-refractivity contribution in [3.05, 3.63) is 11.8 Å². The number of hydrogen-bond donors (Lipinski definition) is 0. The molecule has 0 radical (unpaired) electrons. The fourth-order valence-corrected chi connectivity index (χ4v) is 0.948. The lowest BCUT2D eigenvalue weighted by Crippen LogP contribution is -2.37. The first-order chi connectivity index (χ1) is 4.91. The molecule has 0 saturated heterocycles. The zero-order chi connectivity index (χ0) is 8.65. The summed E-state index contributed by atoms with van der Waals surface area (Å²) in [7, 11) is 1.47. The maximum absolute atomic E-state index is 12.0. The van der Waals surface area contributed by atoms with Gasteiger partial charge in [-0.25, -0.2) is 5.10 Å². The molecule has 0 amide bonds. The van der Waals surface area contributed by atoms with Gasteiger partial charge in [-0.1, -0.05) is 0 Å². The van der Waals surface area contributed by atoms with Gasteiger partial charge in [0.2, 0.25) is 0 Å². The Labute approximate surface area is 62.1 Å². The molecular formula is C5H7BF3N2-. The van der Waals surface area contributed by atoms with Crippen LogP contribution in [0.1, 0.15) is 5.56 Å². The maximum atomic E-state index is 12.0. The lowest BCUT2D eigenvalue weighted by atomic mass is 9.84. The molecule has 0 aliphatic heterocycles. The highest BCUT2D eigenvalue weighted by Gasteiger charge is 2.30. The normalized spacial score (nSPS) is 12.1. The molecule has 2 nitrogen and oxygen atoms in total. The van der Waals surface area contributed by atoms with E-state index in [1.54, 1.807) is 0 Å². The van der Waals surface area contributed by atoms with E-state index in [1.165, 1.54) is 24.9 Å². The van der Waals surface area contributed by atoms with E-state index in [1.807, 2.05) is 0 Å². The second-order valence-corrected chi connectivity index (χ2v) is 2.45. The highest BCUT2D eigenvalue weighted by molar-refractivity contribution is 6.73. The molecule has 11 heavy (non-hydrogen) atoms. The maximum Gasteiger partial charge on any atom is 0.529 e. The minimum atomic E-state index is -4.94. The predicted molar refractivity (Wildman–Crippen MR) is 36.7 cm³/mol. The fourth-order valence-electron chi connectivity index (χ4n) is 0.948. The molecular weight excluding hydrogens is 156 g/mol. The van der Waals surface area contributed by atoms with Crippen molar-refractivity contribution >= 4 is 12.6 Å². The van der Waals surface area contributed by atoms with Crippen LogP contribution in [0.15, 0.2) is 6.20 Å². The molecule has 1 heterocycles. The van der Waals surface area contributed by atoms with Crippen molar-refractivity contribution in [2.24, 2.45) is 7.05 Å². The summed E-state index contributed by atoms with van der Waals surface area (Å²) < 4.78 is 37.3. The number of hydrogen-bond acceptors (Lipinski definition) is 1. The van der Waals surface area contributed by atoms with E-state index in [0.29, 0.717) is 0 Å². The van der Waals surface area contributed by atoms with Crippen LogP contribution < -0.4 is 5.59 Å². The van der Waals surface area contributed by atoms with Crippen molar-refractivity contribution in [2.45, 2.75) is 6.92 Å². The van der Waals surface area contributed by atoms with Crippen molar-refractivity contribution in [2.75, 3.05) is 0 Å². The molecule has 1 rings (SSSR count). The summed E-state index contributed by atoms with van der Waals surface area (Å²) in [6.45, 7) is -3.54. The number of rotatable bonds is 1. The number of aryl methyl sites for hydroxylation is 2. The Balaban J connectivity index is 3.13. The van der Waals surface area contributed by atoms with Gasteiger partial charge >= 0.3 is 6.98 Å². The van der Waals surface area contributed by atoms with Crippen molar-refractivity contribution in [3.63, 3.8) is 0 Å². The van der Waals surface area contributed by atoms with E-state index >= 15 is 0 Å². The molecule has 0 aliphatic carbocycles. The van der Waals surface area contributed by atoms with Crippen LogP contribution in [-0.2, 0) is 7.05 Å². The van der Waals surface area contributed by atoms with E-state index in [9.17, 15) is 12.9 Å². The summed E-state index contributed by atoms with van der Waals surface area (Å²) in [5, 5.41) is 3.30. The molecule has 0 N–H and O–H groups in total. The molecule has 0 aliphatic rings. The van der Waals surface area contributed by atoms with Gasteiger partial charge in [0.1, 0.15) is 0 Å². The highest BCUT2D eigenvalue weighted by Crippen LogP contribution is 2.09. The van der Waals surface area contributed by atoms with Crippen LogP contribution >= 0.6 is 0 Å². The monoisotopic (exact) mass is 163 g/mol. The van der Waals surface area contributed by atoms with Crippen LogP contribution in [0.2, 0.25) is 0 Å². The highest BCUT2D eigenvalue weighted by atomic mass is 19.4. The summed E-state index contributed by atoms with van der Waals surface area (Å²) in [6.07, 6.45) is 1.35. The topological polar surface area (TPSA) is 17.8 Å². The van der Waals surface area contributed by atoms with Gasteiger partial charge in [-0.2, -0.15) is 0 Å². The molecule has 0 spiro atoms. The summed E-state index contributed by atoms with van der Waals surface area (Å²) in [6, 6.07) is 0. The Kier molecular flexibility index (Phi) is 1.70. The Morgan fingerprint density at radius 2 is 2.00 bits per heavy atom. The van der Waals surface area contributed by atoms with E-state index in [-0.39, 0.29) is 5.56 Å². The smallest absolute Gasteiger partial charge is 0.444 e. The number of nitrogens with zero attached hydrogens (tertiary/aromatic N) is 2. The predicted octanol–water partition coefficient (Wildman–Crippen LogP) is 0.783. The van der Waals surface area contributed by atoms with Gasteiger partial charge in [-0.3, -0.25) is 4.68 Å². The van der Waals surface area contributed by atoms with Gasteiger partial charge in [0, 0.05) is 18.8 Å². The average Bonchev–Trinajstić information content (AvgIpc) is 2.08. The summed E-state index contributed by atoms with van der Waals surface area (Å²) >= 11 is 0. The van der Waals surface area contributed by atoms with Crippen molar-refractivity contribution < 1.29 is 12.9 Å². The SMILES string of the molecule is Cc1cn(C)nc1[B-](F)(F)F. The second-order valence-electron chi connectivity index (χ2n) is 2.45. The molecule has 0 fully saturated rings. The van der Waals surface area contributed by atoms with Crippen LogP contribution in [0.25, 0.3) is 0 Å². The quantitative estimate of drug-likeness (QED) is 0.559. The molecule has 6 heteroatoms. The van der Waals surface area contributed by atoms with Gasteiger partial charge in [0.05, 0.1) is 0 Å². The first kappa shape index (κ1) is 8.16. The first-order valence-electron chi connectivity index (χ1n) is 3.11. The summed E-state index contributed by atoms with van der Waals surface area (Å²) in [5.41, 5.74) is -0.562. The lowest BCUT2D eigenvalue weighted by molar-refractivity contribution is 0.496. The molecule has 1 aromatic rings. The van der Waals surface area contributed by atoms with Gasteiger partial charge in [0.15, 0.2) is 0 Å². The van der Waals surface area contributed by atoms with E-state index < -0.39 is 12.6 Å². The molecule has 0 aromatic carbocycles. The molecule has 0 unspecified atom stereocenters. The van der Waals surface area contributed by atoms with E-state index in [2.05, 4.69) is 5.10 Å². The van der Waals surface area contributed by atoms with Gasteiger partial charge in [-0.05, 0) is 12.5 Å². The second kappa shape index (κ2) is 2.28. The van der Waals surface area contributed by atoms with Crippen molar-refractivity contribution in [1.29, 1.82) is 0 Å². The first-order valence-corrected chi connectivity index (χ1v) is 3.11. The third kappa shape index (κ3) is 1.55. The number of aromatic nitrogens is 2. The third-order valence-electron chi connectivity index (χ3n) is 1.36. The molecule has 0 saturated carbocycles. The molecule has 1 aromatic heterocycles. The van der Waals surface area contributed by atoms with E-state index in [4.69, 9.17) is 0 Å². The van der Waals surface area contributed by atoms with Crippen LogP contribution in [0.5, 0.6) is 0 Å². The summed E-state index contributed by atoms with van der Waals surface area (Å²) in [4.78, 5) is 0. The van der Waals surface area contributed by atoms with E-state index in [0.717, 1.165) is 0 Å². The fraction of sp³-hybridized carbons (Fsp3) is 0.400. The molecule has 0 bridgehead atoms.